The van der Waals surface area contributed by atoms with Crippen molar-refractivity contribution in [2.24, 2.45) is 0 Å². The minimum Gasteiger partial charge on any atom is -0.264 e. The molecule has 0 amide bonds. The number of rotatable bonds is 1. The average Bonchev–Trinajstić information content (AvgIpc) is 2.65. The molecule has 0 unspecified atom stereocenters. The van der Waals surface area contributed by atoms with Gasteiger partial charge >= 0.3 is 0 Å². The Kier molecular flexibility index (Phi) is 5.31. The van der Waals surface area contributed by atoms with E-state index in [1.807, 2.05) is 43.3 Å². The minimum atomic E-state index is -0.171. The van der Waals surface area contributed by atoms with Crippen molar-refractivity contribution in [3.8, 4) is 11.4 Å². The molecule has 5 heteroatoms. The highest BCUT2D eigenvalue weighted by molar-refractivity contribution is 6.34. The zero-order chi connectivity index (χ0) is 17.6. The predicted molar refractivity (Wildman–Crippen MR) is 98.9 cm³/mol. The second-order valence-corrected chi connectivity index (χ2v) is 5.75. The molecule has 0 aliphatic rings. The van der Waals surface area contributed by atoms with Gasteiger partial charge in [0, 0.05) is 23.3 Å². The fraction of sp³-hybridized carbons (Fsp3) is 0.0500. The fourth-order valence-electron chi connectivity index (χ4n) is 2.20. The van der Waals surface area contributed by atoms with Crippen molar-refractivity contribution in [2.45, 2.75) is 6.92 Å². The van der Waals surface area contributed by atoms with Gasteiger partial charge in [0.05, 0.1) is 5.52 Å². The number of fused-ring (bicyclic) bond motifs is 1. The third-order valence-electron chi connectivity index (χ3n) is 3.49. The van der Waals surface area contributed by atoms with E-state index >= 15 is 0 Å². The van der Waals surface area contributed by atoms with Crippen LogP contribution in [0.5, 0.6) is 0 Å². The molecule has 0 saturated heterocycles. The summed E-state index contributed by atoms with van der Waals surface area (Å²) in [5.74, 6) is 0.428. The lowest BCUT2D eigenvalue weighted by atomic mass is 10.2. The Labute approximate surface area is 150 Å². The Bertz CT molecular complexity index is 952. The van der Waals surface area contributed by atoms with Gasteiger partial charge in [0.25, 0.3) is 0 Å². The summed E-state index contributed by atoms with van der Waals surface area (Å²) in [4.78, 5) is 12.8. The molecule has 2 aromatic carbocycles. The van der Waals surface area contributed by atoms with Crippen molar-refractivity contribution in [3.05, 3.63) is 89.6 Å². The first kappa shape index (κ1) is 17.0. The second kappa shape index (κ2) is 7.81. The highest BCUT2D eigenvalue weighted by atomic mass is 35.5. The van der Waals surface area contributed by atoms with Crippen LogP contribution in [0, 0.1) is 12.7 Å². The van der Waals surface area contributed by atoms with E-state index in [4.69, 9.17) is 11.6 Å². The van der Waals surface area contributed by atoms with Crippen LogP contribution in [0.25, 0.3) is 22.3 Å². The summed E-state index contributed by atoms with van der Waals surface area (Å²) in [5.41, 5.74) is 2.79. The largest absolute Gasteiger partial charge is 0.264 e. The van der Waals surface area contributed by atoms with Gasteiger partial charge in [-0.3, -0.25) is 4.98 Å². The average molecular weight is 352 g/mol. The molecule has 0 bridgehead atoms. The van der Waals surface area contributed by atoms with Crippen molar-refractivity contribution in [1.82, 2.24) is 15.0 Å². The molecule has 0 spiro atoms. The highest BCUT2D eigenvalue weighted by Crippen LogP contribution is 2.23. The predicted octanol–water partition coefficient (Wildman–Crippen LogP) is 5.48. The highest BCUT2D eigenvalue weighted by Gasteiger charge is 2.06. The zero-order valence-corrected chi connectivity index (χ0v) is 14.3. The van der Waals surface area contributed by atoms with Gasteiger partial charge in [-0.25, -0.2) is 14.4 Å². The molecule has 3 nitrogen and oxygen atoms in total. The van der Waals surface area contributed by atoms with Crippen LogP contribution in [0.15, 0.2) is 73.1 Å². The lowest BCUT2D eigenvalue weighted by Gasteiger charge is -2.03. The molecule has 0 fully saturated rings. The SMILES string of the molecule is Cc1ccc(F)cc1.Clc1nc(-c2cccnc2)nc2ccccc12. The molecule has 4 rings (SSSR count). The molecule has 0 atom stereocenters. The molecule has 0 radical (unpaired) electrons. The molecule has 124 valence electrons. The van der Waals surface area contributed by atoms with Crippen LogP contribution < -0.4 is 0 Å². The van der Waals surface area contributed by atoms with E-state index in [0.717, 1.165) is 22.0 Å². The van der Waals surface area contributed by atoms with Crippen molar-refractivity contribution < 1.29 is 4.39 Å². The van der Waals surface area contributed by atoms with Crippen molar-refractivity contribution in [1.29, 1.82) is 0 Å². The van der Waals surface area contributed by atoms with Gasteiger partial charge in [0.15, 0.2) is 5.82 Å². The number of hydrogen-bond acceptors (Lipinski definition) is 3. The number of benzene rings is 2. The normalized spacial score (nSPS) is 10.2. The number of aromatic nitrogens is 3. The summed E-state index contributed by atoms with van der Waals surface area (Å²) in [7, 11) is 0. The molecule has 25 heavy (non-hydrogen) atoms. The Morgan fingerprint density at radius 3 is 2.32 bits per heavy atom. The van der Waals surface area contributed by atoms with E-state index in [1.54, 1.807) is 24.5 Å². The zero-order valence-electron chi connectivity index (χ0n) is 13.5. The van der Waals surface area contributed by atoms with E-state index in [-0.39, 0.29) is 5.82 Å². The summed E-state index contributed by atoms with van der Waals surface area (Å²) in [6, 6.07) is 17.8. The molecule has 2 heterocycles. The molecule has 2 aromatic heterocycles. The minimum absolute atomic E-state index is 0.171. The molecule has 0 N–H and O–H groups in total. The fourth-order valence-corrected chi connectivity index (χ4v) is 2.44. The lowest BCUT2D eigenvalue weighted by Crippen LogP contribution is -1.91. The lowest BCUT2D eigenvalue weighted by molar-refractivity contribution is 0.627. The molecule has 4 aromatic rings. The first-order chi connectivity index (χ1) is 12.1. The number of aryl methyl sites for hydroxylation is 1. The number of para-hydroxylation sites is 1. The maximum Gasteiger partial charge on any atom is 0.163 e. The summed E-state index contributed by atoms with van der Waals surface area (Å²) >= 11 is 6.14. The van der Waals surface area contributed by atoms with Gasteiger partial charge in [0.2, 0.25) is 0 Å². The van der Waals surface area contributed by atoms with Crippen LogP contribution in [0.2, 0.25) is 5.15 Å². The maximum absolute atomic E-state index is 12.1. The summed E-state index contributed by atoms with van der Waals surface area (Å²) < 4.78 is 12.1. The van der Waals surface area contributed by atoms with Gasteiger partial charge in [-0.1, -0.05) is 41.4 Å². The van der Waals surface area contributed by atoms with E-state index < -0.39 is 0 Å². The van der Waals surface area contributed by atoms with Gasteiger partial charge in [0.1, 0.15) is 11.0 Å². The van der Waals surface area contributed by atoms with Gasteiger partial charge in [-0.2, -0.15) is 0 Å². The standard InChI is InChI=1S/C13H8ClN3.C7H7F/c14-12-10-5-1-2-6-11(10)16-13(17-12)9-4-3-7-15-8-9;1-6-2-4-7(8)5-3-6/h1-8H;2-5H,1H3. The maximum atomic E-state index is 12.1. The van der Waals surface area contributed by atoms with Crippen molar-refractivity contribution in [3.63, 3.8) is 0 Å². The van der Waals surface area contributed by atoms with Crippen LogP contribution in [0.1, 0.15) is 5.56 Å². The smallest absolute Gasteiger partial charge is 0.163 e. The number of pyridine rings is 1. The van der Waals surface area contributed by atoms with E-state index in [9.17, 15) is 4.39 Å². The Morgan fingerprint density at radius 1 is 0.880 bits per heavy atom. The van der Waals surface area contributed by atoms with E-state index in [0.29, 0.717) is 11.0 Å². The summed E-state index contributed by atoms with van der Waals surface area (Å²) in [6.45, 7) is 1.93. The van der Waals surface area contributed by atoms with Crippen LogP contribution >= 0.6 is 11.6 Å². The monoisotopic (exact) mass is 351 g/mol. The topological polar surface area (TPSA) is 38.7 Å². The number of hydrogen-bond donors (Lipinski definition) is 0. The van der Waals surface area contributed by atoms with Gasteiger partial charge in [-0.15, -0.1) is 0 Å². The summed E-state index contributed by atoms with van der Waals surface area (Å²) in [6.07, 6.45) is 3.44. The molecular weight excluding hydrogens is 337 g/mol. The Hall–Kier alpha value is -2.85. The van der Waals surface area contributed by atoms with Gasteiger partial charge in [-0.05, 0) is 43.3 Å². The van der Waals surface area contributed by atoms with Crippen molar-refractivity contribution in [2.75, 3.05) is 0 Å². The first-order valence-corrected chi connectivity index (χ1v) is 8.06. The van der Waals surface area contributed by atoms with Crippen LogP contribution in [-0.4, -0.2) is 15.0 Å². The Morgan fingerprint density at radius 2 is 1.64 bits per heavy atom. The quantitative estimate of drug-likeness (QED) is 0.426. The first-order valence-electron chi connectivity index (χ1n) is 7.68. The van der Waals surface area contributed by atoms with E-state index in [2.05, 4.69) is 15.0 Å². The molecule has 0 aliphatic carbocycles. The molecular formula is C20H15ClFN3. The van der Waals surface area contributed by atoms with Crippen LogP contribution in [-0.2, 0) is 0 Å². The van der Waals surface area contributed by atoms with Crippen LogP contribution in [0.4, 0.5) is 4.39 Å². The Balaban J connectivity index is 0.000000192. The summed E-state index contributed by atoms with van der Waals surface area (Å²) in [5, 5.41) is 1.33. The van der Waals surface area contributed by atoms with Gasteiger partial charge < -0.3 is 0 Å². The third kappa shape index (κ3) is 4.37. The number of nitrogens with zero attached hydrogens (tertiary/aromatic N) is 3. The van der Waals surface area contributed by atoms with Crippen molar-refractivity contribution >= 4 is 22.5 Å². The molecule has 0 aliphatic heterocycles. The second-order valence-electron chi connectivity index (χ2n) is 5.39. The third-order valence-corrected chi connectivity index (χ3v) is 3.78. The van der Waals surface area contributed by atoms with Crippen LogP contribution in [0.3, 0.4) is 0 Å². The number of halogens is 2. The molecule has 0 saturated carbocycles. The van der Waals surface area contributed by atoms with E-state index in [1.165, 1.54) is 12.1 Å².